The lowest BCUT2D eigenvalue weighted by Gasteiger charge is -2.12. The van der Waals surface area contributed by atoms with Crippen molar-refractivity contribution < 1.29 is 23.1 Å². The van der Waals surface area contributed by atoms with Crippen LogP contribution in [0.5, 0.6) is 5.75 Å². The molecule has 0 fully saturated rings. The molecule has 0 unspecified atom stereocenters. The third-order valence-corrected chi connectivity index (χ3v) is 4.21. The van der Waals surface area contributed by atoms with Gasteiger partial charge in [-0.25, -0.2) is 8.42 Å². The molecule has 0 atom stereocenters. The van der Waals surface area contributed by atoms with Gasteiger partial charge >= 0.3 is 0 Å². The second-order valence-electron chi connectivity index (χ2n) is 4.41. The molecule has 23 heavy (non-hydrogen) atoms. The van der Waals surface area contributed by atoms with E-state index < -0.39 is 16.0 Å². The lowest BCUT2D eigenvalue weighted by Crippen LogP contribution is -2.18. The number of sulfonamides is 1. The van der Waals surface area contributed by atoms with Crippen LogP contribution in [0.1, 0.15) is 5.56 Å². The van der Waals surface area contributed by atoms with Crippen molar-refractivity contribution in [2.45, 2.75) is 4.90 Å². The van der Waals surface area contributed by atoms with E-state index in [4.69, 9.17) is 4.74 Å². The van der Waals surface area contributed by atoms with Crippen molar-refractivity contribution >= 4 is 27.8 Å². The highest BCUT2D eigenvalue weighted by Gasteiger charge is 2.20. The molecule has 2 rings (SSSR count). The largest absolute Gasteiger partial charge is 0.545 e. The van der Waals surface area contributed by atoms with E-state index in [0.29, 0.717) is 11.3 Å². The molecular weight excluding hydrogens is 320 g/mol. The van der Waals surface area contributed by atoms with Gasteiger partial charge in [0.1, 0.15) is 10.6 Å². The fourth-order valence-corrected chi connectivity index (χ4v) is 3.05. The number of anilines is 1. The Bertz CT molecular complexity index is 832. The van der Waals surface area contributed by atoms with E-state index in [0.717, 1.165) is 6.08 Å². The number of hydrogen-bond donors (Lipinski definition) is 1. The Hall–Kier alpha value is -2.87. The van der Waals surface area contributed by atoms with Crippen LogP contribution in [0.2, 0.25) is 0 Å². The average molecular weight is 333 g/mol. The standard InChI is InChI=1S/C15H14N2O5S/c1-22-13-6-4-11(5-7-15(18)19)9-14(13)23(20,21)17-12-3-2-8-16-10-12/h2-10,17H,1H3,(H,18,19)/p-1/b7-5+. The van der Waals surface area contributed by atoms with Crippen LogP contribution in [0.3, 0.4) is 0 Å². The number of methoxy groups -OCH3 is 1. The molecule has 8 heteroatoms. The number of nitrogens with zero attached hydrogens (tertiary/aromatic N) is 1. The molecule has 1 aromatic heterocycles. The molecule has 1 N–H and O–H groups in total. The minimum absolute atomic E-state index is 0.121. The van der Waals surface area contributed by atoms with E-state index in [1.165, 1.54) is 43.8 Å². The first-order valence-corrected chi connectivity index (χ1v) is 7.90. The van der Waals surface area contributed by atoms with Crippen LogP contribution in [-0.4, -0.2) is 26.5 Å². The number of carbonyl (C=O) groups is 1. The average Bonchev–Trinajstić information content (AvgIpc) is 2.53. The molecule has 0 bridgehead atoms. The fourth-order valence-electron chi connectivity index (χ4n) is 1.80. The van der Waals surface area contributed by atoms with E-state index in [-0.39, 0.29) is 10.6 Å². The summed E-state index contributed by atoms with van der Waals surface area (Å²) >= 11 is 0. The zero-order chi connectivity index (χ0) is 16.9. The van der Waals surface area contributed by atoms with Crippen LogP contribution in [0.25, 0.3) is 6.08 Å². The van der Waals surface area contributed by atoms with E-state index in [2.05, 4.69) is 9.71 Å². The van der Waals surface area contributed by atoms with Crippen molar-refractivity contribution in [1.82, 2.24) is 4.98 Å². The first-order valence-electron chi connectivity index (χ1n) is 6.42. The summed E-state index contributed by atoms with van der Waals surface area (Å²) in [7, 11) is -2.59. The fraction of sp³-hybridized carbons (Fsp3) is 0.0667. The molecule has 0 saturated carbocycles. The van der Waals surface area contributed by atoms with Gasteiger partial charge in [-0.2, -0.15) is 0 Å². The van der Waals surface area contributed by atoms with Crippen LogP contribution >= 0.6 is 0 Å². The van der Waals surface area contributed by atoms with Crippen LogP contribution in [0, 0.1) is 0 Å². The summed E-state index contributed by atoms with van der Waals surface area (Å²) in [4.78, 5) is 14.2. The number of nitrogens with one attached hydrogen (secondary N) is 1. The maximum Gasteiger partial charge on any atom is 0.265 e. The topological polar surface area (TPSA) is 108 Å². The van der Waals surface area contributed by atoms with Crippen molar-refractivity contribution in [3.8, 4) is 5.75 Å². The Labute approximate surface area is 133 Å². The molecule has 120 valence electrons. The Morgan fingerprint density at radius 1 is 1.35 bits per heavy atom. The SMILES string of the molecule is COc1ccc(/C=C/C(=O)[O-])cc1S(=O)(=O)Nc1cccnc1. The number of ether oxygens (including phenoxy) is 1. The van der Waals surface area contributed by atoms with E-state index in [1.807, 2.05) is 0 Å². The summed E-state index contributed by atoms with van der Waals surface area (Å²) in [6.45, 7) is 0. The second kappa shape index (κ2) is 6.93. The number of hydrogen-bond acceptors (Lipinski definition) is 6. The van der Waals surface area contributed by atoms with Gasteiger partial charge in [0.05, 0.1) is 25.0 Å². The molecule has 2 aromatic rings. The van der Waals surface area contributed by atoms with Gasteiger partial charge in [-0.1, -0.05) is 12.1 Å². The maximum atomic E-state index is 12.5. The predicted octanol–water partition coefficient (Wildman–Crippen LogP) is 0.654. The van der Waals surface area contributed by atoms with Gasteiger partial charge in [0, 0.05) is 6.20 Å². The van der Waals surface area contributed by atoms with E-state index in [9.17, 15) is 18.3 Å². The molecule has 1 heterocycles. The van der Waals surface area contributed by atoms with Crippen molar-refractivity contribution in [3.63, 3.8) is 0 Å². The van der Waals surface area contributed by atoms with Crippen molar-refractivity contribution in [2.75, 3.05) is 11.8 Å². The third-order valence-electron chi connectivity index (χ3n) is 2.80. The van der Waals surface area contributed by atoms with Crippen molar-refractivity contribution in [1.29, 1.82) is 0 Å². The van der Waals surface area contributed by atoms with E-state index >= 15 is 0 Å². The van der Waals surface area contributed by atoms with Crippen LogP contribution in [0.15, 0.2) is 53.7 Å². The summed E-state index contributed by atoms with van der Waals surface area (Å²) in [5, 5.41) is 10.5. The van der Waals surface area contributed by atoms with Gasteiger partial charge < -0.3 is 14.6 Å². The number of rotatable bonds is 6. The monoisotopic (exact) mass is 333 g/mol. The van der Waals surface area contributed by atoms with Gasteiger partial charge in [-0.15, -0.1) is 0 Å². The summed E-state index contributed by atoms with van der Waals surface area (Å²) < 4.78 is 32.4. The summed E-state index contributed by atoms with van der Waals surface area (Å²) in [6, 6.07) is 7.41. The van der Waals surface area contributed by atoms with Crippen molar-refractivity contribution in [2.24, 2.45) is 0 Å². The number of carboxylic acids is 1. The highest BCUT2D eigenvalue weighted by molar-refractivity contribution is 7.92. The van der Waals surface area contributed by atoms with Crippen molar-refractivity contribution in [3.05, 3.63) is 54.4 Å². The molecular formula is C15H13N2O5S-. The Morgan fingerprint density at radius 3 is 2.74 bits per heavy atom. The molecule has 0 spiro atoms. The predicted molar refractivity (Wildman–Crippen MR) is 82.1 cm³/mol. The Kier molecular flexibility index (Phi) is 4.97. The number of pyridine rings is 1. The minimum Gasteiger partial charge on any atom is -0.545 e. The van der Waals surface area contributed by atoms with Crippen LogP contribution in [0.4, 0.5) is 5.69 Å². The van der Waals surface area contributed by atoms with Gasteiger partial charge in [0.25, 0.3) is 10.0 Å². The number of carboxylic acid groups (broad SMARTS) is 1. The summed E-state index contributed by atoms with van der Waals surface area (Å²) in [5.41, 5.74) is 0.673. The number of benzene rings is 1. The Morgan fingerprint density at radius 2 is 2.13 bits per heavy atom. The lowest BCUT2D eigenvalue weighted by atomic mass is 10.2. The number of aliphatic carboxylic acids is 1. The maximum absolute atomic E-state index is 12.5. The lowest BCUT2D eigenvalue weighted by molar-refractivity contribution is -0.297. The van der Waals surface area contributed by atoms with Crippen LogP contribution in [-0.2, 0) is 14.8 Å². The normalized spacial score (nSPS) is 11.3. The Balaban J connectivity index is 2.42. The van der Waals surface area contributed by atoms with Gasteiger partial charge in [-0.05, 0) is 35.9 Å². The smallest absolute Gasteiger partial charge is 0.265 e. The van der Waals surface area contributed by atoms with Gasteiger partial charge in [0.2, 0.25) is 0 Å². The summed E-state index contributed by atoms with van der Waals surface area (Å²) in [6.07, 6.45) is 4.93. The van der Waals surface area contributed by atoms with Gasteiger partial charge in [-0.3, -0.25) is 9.71 Å². The quantitative estimate of drug-likeness (QED) is 0.778. The van der Waals surface area contributed by atoms with Crippen LogP contribution < -0.4 is 14.6 Å². The molecule has 0 amide bonds. The molecule has 0 saturated heterocycles. The number of carbonyl (C=O) groups excluding carboxylic acids is 1. The highest BCUT2D eigenvalue weighted by Crippen LogP contribution is 2.27. The second-order valence-corrected chi connectivity index (χ2v) is 6.06. The number of aromatic nitrogens is 1. The third kappa shape index (κ3) is 4.30. The zero-order valence-electron chi connectivity index (χ0n) is 12.1. The molecule has 0 aliphatic carbocycles. The molecule has 0 aliphatic rings. The zero-order valence-corrected chi connectivity index (χ0v) is 12.9. The van der Waals surface area contributed by atoms with E-state index in [1.54, 1.807) is 12.1 Å². The molecule has 7 nitrogen and oxygen atoms in total. The molecule has 0 aliphatic heterocycles. The summed E-state index contributed by atoms with van der Waals surface area (Å²) in [5.74, 6) is -1.24. The first kappa shape index (κ1) is 16.5. The highest BCUT2D eigenvalue weighted by atomic mass is 32.2. The minimum atomic E-state index is -3.93. The molecule has 1 aromatic carbocycles. The van der Waals surface area contributed by atoms with Gasteiger partial charge in [0.15, 0.2) is 0 Å². The molecule has 0 radical (unpaired) electrons. The first-order chi connectivity index (χ1) is 10.9.